The number of rotatable bonds is 5. The molecule has 0 aromatic heterocycles. The fraction of sp³-hybridized carbons (Fsp3) is 0.391. The number of nitrogens with one attached hydrogen (secondary N) is 1. The molecule has 0 radical (unpaired) electrons. The molecule has 164 valence electrons. The Balaban J connectivity index is 1.33. The maximum atomic E-state index is 12.9. The molecule has 2 aromatic carbocycles. The Kier molecular flexibility index (Phi) is 6.34. The van der Waals surface area contributed by atoms with E-state index in [1.807, 2.05) is 6.07 Å². The van der Waals surface area contributed by atoms with E-state index < -0.39 is 6.10 Å². The minimum Gasteiger partial charge on any atom is -0.478 e. The number of para-hydroxylation sites is 1. The van der Waals surface area contributed by atoms with Crippen LogP contribution in [0.25, 0.3) is 0 Å². The second-order valence-corrected chi connectivity index (χ2v) is 8.32. The van der Waals surface area contributed by atoms with Gasteiger partial charge in [-0.25, -0.2) is 0 Å². The first kappa shape index (κ1) is 21.5. The van der Waals surface area contributed by atoms with Crippen LogP contribution in [0.2, 0.25) is 5.02 Å². The van der Waals surface area contributed by atoms with Gasteiger partial charge in [0.2, 0.25) is 0 Å². The number of carbonyl (C=O) groups is 2. The Bertz CT molecular complexity index is 961. The molecule has 2 amide bonds. The van der Waals surface area contributed by atoms with Gasteiger partial charge in [0, 0.05) is 57.0 Å². The van der Waals surface area contributed by atoms with Crippen LogP contribution in [0.15, 0.2) is 42.5 Å². The van der Waals surface area contributed by atoms with E-state index in [1.165, 1.54) is 10.6 Å². The van der Waals surface area contributed by atoms with Crippen LogP contribution >= 0.6 is 11.6 Å². The molecule has 2 heterocycles. The SMILES string of the molecule is CC1Oc2c(C(=O)NCCN3CCN(c4ccccc4)CC3)cc(Cl)cc2N(C)C1=O. The van der Waals surface area contributed by atoms with Gasteiger partial charge in [0.25, 0.3) is 11.8 Å². The van der Waals surface area contributed by atoms with E-state index in [0.717, 1.165) is 32.7 Å². The van der Waals surface area contributed by atoms with Crippen LogP contribution in [-0.4, -0.2) is 69.1 Å². The van der Waals surface area contributed by atoms with E-state index in [1.54, 1.807) is 26.1 Å². The lowest BCUT2D eigenvalue weighted by Gasteiger charge is -2.36. The molecule has 2 aliphatic rings. The molecular weight excluding hydrogens is 416 g/mol. The van der Waals surface area contributed by atoms with Crippen LogP contribution in [0.1, 0.15) is 17.3 Å². The highest BCUT2D eigenvalue weighted by atomic mass is 35.5. The molecule has 7 nitrogen and oxygen atoms in total. The largest absolute Gasteiger partial charge is 0.478 e. The van der Waals surface area contributed by atoms with Crippen LogP contribution in [0, 0.1) is 0 Å². The van der Waals surface area contributed by atoms with Gasteiger partial charge in [0.05, 0.1) is 11.3 Å². The summed E-state index contributed by atoms with van der Waals surface area (Å²) in [5.74, 6) is -0.0274. The van der Waals surface area contributed by atoms with Gasteiger partial charge in [-0.2, -0.15) is 0 Å². The normalized spacial score (nSPS) is 19.1. The molecule has 0 aliphatic carbocycles. The number of hydrogen-bond acceptors (Lipinski definition) is 5. The summed E-state index contributed by atoms with van der Waals surface area (Å²) in [6.07, 6.45) is -0.647. The third kappa shape index (κ3) is 4.62. The molecule has 0 bridgehead atoms. The van der Waals surface area contributed by atoms with Gasteiger partial charge in [-0.3, -0.25) is 14.5 Å². The number of carbonyl (C=O) groups excluding carboxylic acids is 2. The lowest BCUT2D eigenvalue weighted by Crippen LogP contribution is -2.48. The Morgan fingerprint density at radius 1 is 1.16 bits per heavy atom. The summed E-state index contributed by atoms with van der Waals surface area (Å²) in [6.45, 7) is 6.79. The number of piperazine rings is 1. The highest BCUT2D eigenvalue weighted by Gasteiger charge is 2.32. The van der Waals surface area contributed by atoms with Gasteiger partial charge in [-0.15, -0.1) is 0 Å². The molecule has 31 heavy (non-hydrogen) atoms. The van der Waals surface area contributed by atoms with Crippen molar-refractivity contribution in [1.29, 1.82) is 0 Å². The predicted octanol–water partition coefficient (Wildman–Crippen LogP) is 2.64. The van der Waals surface area contributed by atoms with E-state index >= 15 is 0 Å². The first-order chi connectivity index (χ1) is 14.9. The van der Waals surface area contributed by atoms with Gasteiger partial charge in [0.1, 0.15) is 0 Å². The average Bonchev–Trinajstić information content (AvgIpc) is 2.79. The van der Waals surface area contributed by atoms with E-state index in [9.17, 15) is 9.59 Å². The van der Waals surface area contributed by atoms with Crippen molar-refractivity contribution < 1.29 is 14.3 Å². The number of likely N-dealkylation sites (N-methyl/N-ethyl adjacent to an activating group) is 1. The molecular formula is C23H27ClN4O3. The van der Waals surface area contributed by atoms with E-state index in [-0.39, 0.29) is 11.8 Å². The second kappa shape index (κ2) is 9.16. The number of hydrogen-bond donors (Lipinski definition) is 1. The number of fused-ring (bicyclic) bond motifs is 1. The fourth-order valence-electron chi connectivity index (χ4n) is 4.03. The topological polar surface area (TPSA) is 65.1 Å². The van der Waals surface area contributed by atoms with E-state index in [4.69, 9.17) is 16.3 Å². The van der Waals surface area contributed by atoms with Crippen molar-refractivity contribution in [2.45, 2.75) is 13.0 Å². The fourth-order valence-corrected chi connectivity index (χ4v) is 4.24. The summed E-state index contributed by atoms with van der Waals surface area (Å²) in [4.78, 5) is 31.3. The molecule has 1 fully saturated rings. The van der Waals surface area contributed by atoms with Crippen molar-refractivity contribution in [3.63, 3.8) is 0 Å². The van der Waals surface area contributed by atoms with Crippen LogP contribution in [-0.2, 0) is 4.79 Å². The minimum atomic E-state index is -0.647. The molecule has 0 saturated carbocycles. The summed E-state index contributed by atoms with van der Waals surface area (Å²) in [7, 11) is 1.66. The highest BCUT2D eigenvalue weighted by Crippen LogP contribution is 2.39. The maximum absolute atomic E-state index is 12.9. The predicted molar refractivity (Wildman–Crippen MR) is 122 cm³/mol. The van der Waals surface area contributed by atoms with Gasteiger partial charge >= 0.3 is 0 Å². The number of anilines is 2. The lowest BCUT2D eigenvalue weighted by molar-refractivity contribution is -0.125. The lowest BCUT2D eigenvalue weighted by atomic mass is 10.1. The molecule has 0 spiro atoms. The monoisotopic (exact) mass is 442 g/mol. The van der Waals surface area contributed by atoms with Crippen molar-refractivity contribution >= 4 is 34.8 Å². The molecule has 4 rings (SSSR count). The maximum Gasteiger partial charge on any atom is 0.267 e. The third-order valence-electron chi connectivity index (χ3n) is 5.82. The molecule has 8 heteroatoms. The number of nitrogens with zero attached hydrogens (tertiary/aromatic N) is 3. The van der Waals surface area contributed by atoms with E-state index in [0.29, 0.717) is 28.6 Å². The second-order valence-electron chi connectivity index (χ2n) is 7.88. The first-order valence-corrected chi connectivity index (χ1v) is 10.9. The molecule has 2 aliphatic heterocycles. The van der Waals surface area contributed by atoms with Crippen LogP contribution in [0.3, 0.4) is 0 Å². The van der Waals surface area contributed by atoms with Crippen LogP contribution in [0.4, 0.5) is 11.4 Å². The van der Waals surface area contributed by atoms with E-state index in [2.05, 4.69) is 39.4 Å². The Morgan fingerprint density at radius 3 is 2.58 bits per heavy atom. The quantitative estimate of drug-likeness (QED) is 0.771. The number of amides is 2. The molecule has 1 saturated heterocycles. The summed E-state index contributed by atoms with van der Waals surface area (Å²) in [5.41, 5.74) is 2.11. The summed E-state index contributed by atoms with van der Waals surface area (Å²) >= 11 is 6.21. The third-order valence-corrected chi connectivity index (χ3v) is 6.04. The average molecular weight is 443 g/mol. The Labute approximate surface area is 187 Å². The van der Waals surface area contributed by atoms with Crippen LogP contribution < -0.4 is 19.9 Å². The van der Waals surface area contributed by atoms with Crippen molar-refractivity contribution in [1.82, 2.24) is 10.2 Å². The molecule has 1 atom stereocenters. The van der Waals surface area contributed by atoms with Crippen molar-refractivity contribution in [2.75, 3.05) is 56.1 Å². The molecule has 2 aromatic rings. The van der Waals surface area contributed by atoms with Gasteiger partial charge in [0.15, 0.2) is 11.9 Å². The van der Waals surface area contributed by atoms with Gasteiger partial charge < -0.3 is 19.9 Å². The Hall–Kier alpha value is -2.77. The molecule has 1 N–H and O–H groups in total. The first-order valence-electron chi connectivity index (χ1n) is 10.5. The zero-order valence-corrected chi connectivity index (χ0v) is 18.6. The van der Waals surface area contributed by atoms with Gasteiger partial charge in [-0.05, 0) is 31.2 Å². The zero-order chi connectivity index (χ0) is 22.0. The number of halogens is 1. The standard InChI is InChI=1S/C23H27ClN4O3/c1-16-23(30)26(2)20-15-17(24)14-19(21(20)31-16)22(29)25-8-9-27-10-12-28(13-11-27)18-6-4-3-5-7-18/h3-7,14-16H,8-13H2,1-2H3,(H,25,29). The summed E-state index contributed by atoms with van der Waals surface area (Å²) < 4.78 is 5.75. The minimum absolute atomic E-state index is 0.171. The highest BCUT2D eigenvalue weighted by molar-refractivity contribution is 6.31. The summed E-state index contributed by atoms with van der Waals surface area (Å²) in [5, 5.41) is 3.36. The zero-order valence-electron chi connectivity index (χ0n) is 17.8. The Morgan fingerprint density at radius 2 is 1.87 bits per heavy atom. The van der Waals surface area contributed by atoms with Gasteiger partial charge in [-0.1, -0.05) is 29.8 Å². The number of ether oxygens (including phenoxy) is 1. The van der Waals surface area contributed by atoms with Crippen molar-refractivity contribution in [3.05, 3.63) is 53.1 Å². The van der Waals surface area contributed by atoms with Crippen LogP contribution in [0.5, 0.6) is 5.75 Å². The van der Waals surface area contributed by atoms with Crippen molar-refractivity contribution in [2.24, 2.45) is 0 Å². The number of benzene rings is 2. The smallest absolute Gasteiger partial charge is 0.267 e. The van der Waals surface area contributed by atoms with Crippen molar-refractivity contribution in [3.8, 4) is 5.75 Å². The molecule has 1 unspecified atom stereocenters. The summed E-state index contributed by atoms with van der Waals surface area (Å²) in [6, 6.07) is 13.6.